The van der Waals surface area contributed by atoms with Crippen LogP contribution >= 0.6 is 0 Å². The van der Waals surface area contributed by atoms with Crippen LogP contribution in [0.2, 0.25) is 0 Å². The van der Waals surface area contributed by atoms with E-state index in [0.717, 1.165) is 32.4 Å². The summed E-state index contributed by atoms with van der Waals surface area (Å²) in [4.78, 5) is 15.6. The van der Waals surface area contributed by atoms with Crippen molar-refractivity contribution in [2.24, 2.45) is 5.41 Å². The molecule has 1 aliphatic heterocycles. The zero-order chi connectivity index (χ0) is 20.6. The van der Waals surface area contributed by atoms with E-state index in [1.54, 1.807) is 13.8 Å². The molecule has 28 heavy (non-hydrogen) atoms. The normalized spacial score (nSPS) is 27.7. The number of ether oxygens (including phenoxy) is 1. The lowest BCUT2D eigenvalue weighted by atomic mass is 9.72. The predicted octanol–water partition coefficient (Wildman–Crippen LogP) is 4.52. The molecule has 0 bridgehead atoms. The number of carbonyl (C=O) groups is 1. The molecule has 1 aromatic rings. The van der Waals surface area contributed by atoms with Gasteiger partial charge in [0.2, 0.25) is 0 Å². The first-order chi connectivity index (χ1) is 13.0. The lowest BCUT2D eigenvalue weighted by molar-refractivity contribution is -0.183. The van der Waals surface area contributed by atoms with Gasteiger partial charge in [-0.25, -0.2) is 0 Å². The van der Waals surface area contributed by atoms with Gasteiger partial charge in [-0.2, -0.15) is 0 Å². The standard InChI is InChI=1S/C24H37NO3/c1-22(2,3)28-21(26)24(23(4,5)27)14-11-20(17-24)25-15-12-19(13-16-25)18-9-7-6-8-10-18/h6-10,19-20,27H,11-17H2,1-5H3. The average molecular weight is 388 g/mol. The second-order valence-corrected chi connectivity index (χ2v) is 10.3. The molecule has 2 fully saturated rings. The molecule has 1 saturated heterocycles. The summed E-state index contributed by atoms with van der Waals surface area (Å²) in [6, 6.07) is 11.1. The third-order valence-corrected chi connectivity index (χ3v) is 6.77. The average Bonchev–Trinajstić information content (AvgIpc) is 3.08. The number of likely N-dealkylation sites (tertiary alicyclic amines) is 1. The van der Waals surface area contributed by atoms with E-state index in [0.29, 0.717) is 24.8 Å². The maximum atomic E-state index is 13.1. The highest BCUT2D eigenvalue weighted by molar-refractivity contribution is 5.79. The molecule has 3 rings (SSSR count). The van der Waals surface area contributed by atoms with Gasteiger partial charge in [-0.05, 0) is 91.3 Å². The van der Waals surface area contributed by atoms with E-state index in [-0.39, 0.29) is 5.97 Å². The molecule has 156 valence electrons. The van der Waals surface area contributed by atoms with E-state index in [2.05, 4.69) is 35.2 Å². The molecule has 0 aromatic heterocycles. The number of benzene rings is 1. The minimum atomic E-state index is -1.09. The van der Waals surface area contributed by atoms with Crippen LogP contribution in [0.4, 0.5) is 0 Å². The number of nitrogens with zero attached hydrogens (tertiary/aromatic N) is 1. The van der Waals surface area contributed by atoms with Crippen molar-refractivity contribution in [1.82, 2.24) is 4.90 Å². The van der Waals surface area contributed by atoms with Gasteiger partial charge in [0.15, 0.2) is 0 Å². The number of esters is 1. The SMILES string of the molecule is CC(C)(C)OC(=O)C1(C(C)(C)O)CCC(N2CCC(c3ccccc3)CC2)C1. The molecule has 1 aliphatic carbocycles. The van der Waals surface area contributed by atoms with Gasteiger partial charge in [-0.15, -0.1) is 0 Å². The van der Waals surface area contributed by atoms with Crippen molar-refractivity contribution in [3.05, 3.63) is 35.9 Å². The number of rotatable bonds is 4. The van der Waals surface area contributed by atoms with Crippen LogP contribution in [-0.4, -0.2) is 46.3 Å². The Labute approximate surface area is 170 Å². The second-order valence-electron chi connectivity index (χ2n) is 10.3. The summed E-state index contributed by atoms with van der Waals surface area (Å²) in [5, 5.41) is 10.9. The first kappa shape index (κ1) is 21.3. The van der Waals surface area contributed by atoms with E-state index < -0.39 is 16.6 Å². The van der Waals surface area contributed by atoms with Gasteiger partial charge < -0.3 is 14.7 Å². The maximum Gasteiger partial charge on any atom is 0.315 e. The highest BCUT2D eigenvalue weighted by Gasteiger charge is 2.57. The number of hydrogen-bond acceptors (Lipinski definition) is 4. The molecule has 4 heteroatoms. The molecule has 4 nitrogen and oxygen atoms in total. The van der Waals surface area contributed by atoms with Gasteiger partial charge in [0, 0.05) is 6.04 Å². The zero-order valence-corrected chi connectivity index (χ0v) is 18.2. The van der Waals surface area contributed by atoms with Crippen molar-refractivity contribution >= 4 is 5.97 Å². The molecule has 1 heterocycles. The van der Waals surface area contributed by atoms with E-state index >= 15 is 0 Å². The van der Waals surface area contributed by atoms with Gasteiger partial charge in [0.1, 0.15) is 5.60 Å². The second kappa shape index (κ2) is 7.79. The highest BCUT2D eigenvalue weighted by Crippen LogP contribution is 2.50. The molecular formula is C24H37NO3. The minimum Gasteiger partial charge on any atom is -0.459 e. The summed E-state index contributed by atoms with van der Waals surface area (Å²) < 4.78 is 5.74. The molecular weight excluding hydrogens is 350 g/mol. The van der Waals surface area contributed by atoms with Crippen LogP contribution in [0.25, 0.3) is 0 Å². The van der Waals surface area contributed by atoms with Crippen molar-refractivity contribution in [2.75, 3.05) is 13.1 Å². The first-order valence-corrected chi connectivity index (χ1v) is 10.8. The number of piperidine rings is 1. The van der Waals surface area contributed by atoms with Crippen molar-refractivity contribution in [1.29, 1.82) is 0 Å². The molecule has 0 spiro atoms. The van der Waals surface area contributed by atoms with Crippen LogP contribution in [0.1, 0.15) is 78.2 Å². The lowest BCUT2D eigenvalue weighted by Crippen LogP contribution is -2.51. The van der Waals surface area contributed by atoms with Crippen LogP contribution < -0.4 is 0 Å². The summed E-state index contributed by atoms with van der Waals surface area (Å²) in [6.07, 6.45) is 4.63. The summed E-state index contributed by atoms with van der Waals surface area (Å²) in [5.74, 6) is 0.387. The van der Waals surface area contributed by atoms with E-state index in [1.807, 2.05) is 20.8 Å². The summed E-state index contributed by atoms with van der Waals surface area (Å²) in [7, 11) is 0. The Morgan fingerprint density at radius 2 is 1.68 bits per heavy atom. The van der Waals surface area contributed by atoms with Gasteiger partial charge in [0.05, 0.1) is 11.0 Å². The minimum absolute atomic E-state index is 0.242. The monoisotopic (exact) mass is 387 g/mol. The molecule has 2 aliphatic rings. The Bertz CT molecular complexity index is 665. The predicted molar refractivity (Wildman–Crippen MR) is 112 cm³/mol. The third kappa shape index (κ3) is 4.44. The molecule has 1 N–H and O–H groups in total. The number of carbonyl (C=O) groups excluding carboxylic acids is 1. The summed E-state index contributed by atoms with van der Waals surface area (Å²) in [6.45, 7) is 11.3. The Hall–Kier alpha value is -1.39. The molecule has 2 atom stereocenters. The van der Waals surface area contributed by atoms with Crippen LogP contribution in [0.5, 0.6) is 0 Å². The van der Waals surface area contributed by atoms with Crippen LogP contribution in [0.15, 0.2) is 30.3 Å². The van der Waals surface area contributed by atoms with Crippen LogP contribution in [-0.2, 0) is 9.53 Å². The quantitative estimate of drug-likeness (QED) is 0.772. The summed E-state index contributed by atoms with van der Waals surface area (Å²) in [5.41, 5.74) is -1.01. The molecule has 1 aromatic carbocycles. The van der Waals surface area contributed by atoms with E-state index in [1.165, 1.54) is 5.56 Å². The van der Waals surface area contributed by atoms with E-state index in [9.17, 15) is 9.90 Å². The van der Waals surface area contributed by atoms with E-state index in [4.69, 9.17) is 4.74 Å². The fourth-order valence-electron chi connectivity index (χ4n) is 5.02. The van der Waals surface area contributed by atoms with Crippen molar-refractivity contribution in [3.8, 4) is 0 Å². The number of hydrogen-bond donors (Lipinski definition) is 1. The molecule has 1 saturated carbocycles. The van der Waals surface area contributed by atoms with Crippen LogP contribution in [0.3, 0.4) is 0 Å². The molecule has 0 radical (unpaired) electrons. The topological polar surface area (TPSA) is 49.8 Å². The molecule has 2 unspecified atom stereocenters. The fraction of sp³-hybridized carbons (Fsp3) is 0.708. The fourth-order valence-corrected chi connectivity index (χ4v) is 5.02. The van der Waals surface area contributed by atoms with Crippen LogP contribution in [0, 0.1) is 5.41 Å². The van der Waals surface area contributed by atoms with Crippen molar-refractivity contribution in [3.63, 3.8) is 0 Å². The lowest BCUT2D eigenvalue weighted by Gasteiger charge is -2.41. The van der Waals surface area contributed by atoms with Crippen molar-refractivity contribution in [2.45, 2.75) is 89.9 Å². The van der Waals surface area contributed by atoms with Gasteiger partial charge in [-0.3, -0.25) is 4.79 Å². The zero-order valence-electron chi connectivity index (χ0n) is 18.2. The number of aliphatic hydroxyl groups is 1. The Morgan fingerprint density at radius 3 is 2.21 bits per heavy atom. The first-order valence-electron chi connectivity index (χ1n) is 10.8. The highest BCUT2D eigenvalue weighted by atomic mass is 16.6. The maximum absolute atomic E-state index is 13.1. The smallest absolute Gasteiger partial charge is 0.315 e. The molecule has 0 amide bonds. The van der Waals surface area contributed by atoms with Crippen molar-refractivity contribution < 1.29 is 14.6 Å². The largest absolute Gasteiger partial charge is 0.459 e. The van der Waals surface area contributed by atoms with Gasteiger partial charge >= 0.3 is 5.97 Å². The summed E-state index contributed by atoms with van der Waals surface area (Å²) >= 11 is 0. The Balaban J connectivity index is 1.67. The Morgan fingerprint density at radius 1 is 1.07 bits per heavy atom. The van der Waals surface area contributed by atoms with Gasteiger partial charge in [0.25, 0.3) is 0 Å². The third-order valence-electron chi connectivity index (χ3n) is 6.77. The Kier molecular flexibility index (Phi) is 5.94. The van der Waals surface area contributed by atoms with Gasteiger partial charge in [-0.1, -0.05) is 30.3 Å².